The van der Waals surface area contributed by atoms with E-state index in [1.807, 2.05) is 6.07 Å². The van der Waals surface area contributed by atoms with E-state index >= 15 is 0 Å². The molecule has 1 aromatic heterocycles. The second kappa shape index (κ2) is 6.64. The van der Waals surface area contributed by atoms with Gasteiger partial charge in [0.15, 0.2) is 0 Å². The summed E-state index contributed by atoms with van der Waals surface area (Å²) >= 11 is 0. The summed E-state index contributed by atoms with van der Waals surface area (Å²) in [5.74, 6) is 0.892. The third-order valence-corrected chi connectivity index (χ3v) is 3.08. The number of rotatable bonds is 4. The second-order valence-electron chi connectivity index (χ2n) is 4.36. The smallest absolute Gasteiger partial charge is 0.142 e. The number of β-amino-alcohol motifs (C(OH)–C–C–N with tert-alkyl or cyclic N) is 1. The first-order valence-corrected chi connectivity index (χ1v) is 6.20. The lowest BCUT2D eigenvalue weighted by atomic mass is 10.3. The van der Waals surface area contributed by atoms with Gasteiger partial charge in [-0.2, -0.15) is 0 Å². The van der Waals surface area contributed by atoms with Crippen molar-refractivity contribution in [3.05, 3.63) is 24.3 Å². The molecular formula is C12H20N4O. The zero-order chi connectivity index (χ0) is 11.9. The van der Waals surface area contributed by atoms with Crippen molar-refractivity contribution in [2.75, 3.05) is 39.3 Å². The molecule has 2 heterocycles. The molecule has 1 aliphatic heterocycles. The summed E-state index contributed by atoms with van der Waals surface area (Å²) in [7, 11) is 0. The summed E-state index contributed by atoms with van der Waals surface area (Å²) < 4.78 is 0. The Bertz CT molecular complexity index is 320. The van der Waals surface area contributed by atoms with E-state index in [0.717, 1.165) is 51.5 Å². The summed E-state index contributed by atoms with van der Waals surface area (Å²) in [6.45, 7) is 6.07. The fraction of sp³-hybridized carbons (Fsp3) is 0.667. The Morgan fingerprint density at radius 3 is 2.53 bits per heavy atom. The number of aliphatic hydroxyl groups is 1. The number of aliphatic hydroxyl groups excluding tert-OH is 1. The minimum absolute atomic E-state index is 0.252. The molecule has 0 amide bonds. The quantitative estimate of drug-likeness (QED) is 0.796. The Hall–Kier alpha value is -1.04. The first kappa shape index (κ1) is 12.4. The maximum Gasteiger partial charge on any atom is 0.142 e. The highest BCUT2D eigenvalue weighted by molar-refractivity contribution is 4.88. The zero-order valence-electron chi connectivity index (χ0n) is 10.1. The first-order chi connectivity index (χ1) is 8.38. The monoisotopic (exact) mass is 236 g/mol. The van der Waals surface area contributed by atoms with E-state index in [0.29, 0.717) is 0 Å². The van der Waals surface area contributed by atoms with Gasteiger partial charge in [0.05, 0.1) is 13.2 Å². The Morgan fingerprint density at radius 2 is 1.76 bits per heavy atom. The van der Waals surface area contributed by atoms with Crippen molar-refractivity contribution in [3.8, 4) is 0 Å². The highest BCUT2D eigenvalue weighted by atomic mass is 16.3. The van der Waals surface area contributed by atoms with Gasteiger partial charge in [-0.05, 0) is 25.6 Å². The van der Waals surface area contributed by atoms with Crippen LogP contribution < -0.4 is 0 Å². The average Bonchev–Trinajstić information content (AvgIpc) is 2.57. The van der Waals surface area contributed by atoms with Crippen molar-refractivity contribution in [1.29, 1.82) is 0 Å². The van der Waals surface area contributed by atoms with Crippen molar-refractivity contribution < 1.29 is 5.11 Å². The minimum Gasteiger partial charge on any atom is -0.395 e. The SMILES string of the molecule is OCCN1CCCN(Cc2ncccn2)CC1. The van der Waals surface area contributed by atoms with Gasteiger partial charge in [-0.15, -0.1) is 0 Å². The van der Waals surface area contributed by atoms with E-state index in [1.54, 1.807) is 12.4 Å². The molecule has 1 aromatic rings. The van der Waals surface area contributed by atoms with Crippen LogP contribution in [0, 0.1) is 0 Å². The van der Waals surface area contributed by atoms with Gasteiger partial charge in [0.25, 0.3) is 0 Å². The Morgan fingerprint density at radius 1 is 1.06 bits per heavy atom. The molecule has 0 unspecified atom stereocenters. The molecule has 1 fully saturated rings. The number of hydrogen-bond acceptors (Lipinski definition) is 5. The van der Waals surface area contributed by atoms with Gasteiger partial charge in [0, 0.05) is 32.0 Å². The minimum atomic E-state index is 0.252. The third-order valence-electron chi connectivity index (χ3n) is 3.08. The molecule has 5 heteroatoms. The van der Waals surface area contributed by atoms with Crippen LogP contribution >= 0.6 is 0 Å². The summed E-state index contributed by atoms with van der Waals surface area (Å²) in [4.78, 5) is 13.2. The molecule has 2 rings (SSSR count). The van der Waals surface area contributed by atoms with Crippen LogP contribution in [-0.2, 0) is 6.54 Å². The van der Waals surface area contributed by atoms with Crippen LogP contribution in [0.3, 0.4) is 0 Å². The van der Waals surface area contributed by atoms with Crippen LogP contribution in [0.1, 0.15) is 12.2 Å². The molecule has 94 valence electrons. The molecule has 0 spiro atoms. The molecule has 1 aliphatic rings. The van der Waals surface area contributed by atoms with Crippen molar-refractivity contribution in [2.24, 2.45) is 0 Å². The van der Waals surface area contributed by atoms with Gasteiger partial charge in [0.2, 0.25) is 0 Å². The van der Waals surface area contributed by atoms with E-state index in [1.165, 1.54) is 0 Å². The van der Waals surface area contributed by atoms with E-state index in [-0.39, 0.29) is 6.61 Å². The lowest BCUT2D eigenvalue weighted by Gasteiger charge is -2.20. The van der Waals surface area contributed by atoms with Crippen LogP contribution in [0.15, 0.2) is 18.5 Å². The number of nitrogens with zero attached hydrogens (tertiary/aromatic N) is 4. The molecule has 0 saturated carbocycles. The molecule has 17 heavy (non-hydrogen) atoms. The molecule has 1 N–H and O–H groups in total. The van der Waals surface area contributed by atoms with Gasteiger partial charge in [0.1, 0.15) is 5.82 Å². The average molecular weight is 236 g/mol. The molecular weight excluding hydrogens is 216 g/mol. The van der Waals surface area contributed by atoms with Crippen molar-refractivity contribution in [1.82, 2.24) is 19.8 Å². The lowest BCUT2D eigenvalue weighted by molar-refractivity contribution is 0.195. The van der Waals surface area contributed by atoms with Crippen LogP contribution in [0.2, 0.25) is 0 Å². The molecule has 0 aromatic carbocycles. The topological polar surface area (TPSA) is 52.5 Å². The summed E-state index contributed by atoms with van der Waals surface area (Å²) in [5, 5.41) is 8.94. The molecule has 0 aliphatic carbocycles. The lowest BCUT2D eigenvalue weighted by Crippen LogP contribution is -2.32. The summed E-state index contributed by atoms with van der Waals surface area (Å²) in [6, 6.07) is 1.84. The molecule has 0 atom stereocenters. The predicted molar refractivity (Wildman–Crippen MR) is 65.5 cm³/mol. The molecule has 1 saturated heterocycles. The van der Waals surface area contributed by atoms with E-state index < -0.39 is 0 Å². The van der Waals surface area contributed by atoms with Crippen LogP contribution in [-0.4, -0.2) is 64.2 Å². The third kappa shape index (κ3) is 4.03. The summed E-state index contributed by atoms with van der Waals surface area (Å²) in [5.41, 5.74) is 0. The fourth-order valence-corrected chi connectivity index (χ4v) is 2.16. The normalized spacial score (nSPS) is 19.1. The van der Waals surface area contributed by atoms with E-state index in [4.69, 9.17) is 5.11 Å². The van der Waals surface area contributed by atoms with Gasteiger partial charge in [-0.3, -0.25) is 9.80 Å². The Labute approximate surface area is 102 Å². The highest BCUT2D eigenvalue weighted by Crippen LogP contribution is 2.05. The standard InChI is InChI=1S/C12H20N4O/c17-10-9-15-5-2-6-16(8-7-15)11-12-13-3-1-4-14-12/h1,3-4,17H,2,5-11H2. The van der Waals surface area contributed by atoms with Gasteiger partial charge in [-0.25, -0.2) is 9.97 Å². The predicted octanol–water partition coefficient (Wildman–Crippen LogP) is -0.0234. The zero-order valence-corrected chi connectivity index (χ0v) is 10.1. The second-order valence-corrected chi connectivity index (χ2v) is 4.36. The molecule has 0 bridgehead atoms. The number of hydrogen-bond donors (Lipinski definition) is 1. The van der Waals surface area contributed by atoms with Gasteiger partial charge < -0.3 is 5.11 Å². The molecule has 0 radical (unpaired) electrons. The van der Waals surface area contributed by atoms with Crippen molar-refractivity contribution >= 4 is 0 Å². The maximum absolute atomic E-state index is 8.94. The van der Waals surface area contributed by atoms with E-state index in [9.17, 15) is 0 Å². The molecule has 5 nitrogen and oxygen atoms in total. The van der Waals surface area contributed by atoms with Crippen molar-refractivity contribution in [3.63, 3.8) is 0 Å². The van der Waals surface area contributed by atoms with Crippen LogP contribution in [0.4, 0.5) is 0 Å². The van der Waals surface area contributed by atoms with Crippen LogP contribution in [0.25, 0.3) is 0 Å². The van der Waals surface area contributed by atoms with Gasteiger partial charge in [-0.1, -0.05) is 0 Å². The van der Waals surface area contributed by atoms with Crippen molar-refractivity contribution in [2.45, 2.75) is 13.0 Å². The van der Waals surface area contributed by atoms with E-state index in [2.05, 4.69) is 19.8 Å². The first-order valence-electron chi connectivity index (χ1n) is 6.20. The maximum atomic E-state index is 8.94. The Balaban J connectivity index is 1.83. The Kier molecular flexibility index (Phi) is 4.85. The van der Waals surface area contributed by atoms with Crippen LogP contribution in [0.5, 0.6) is 0 Å². The highest BCUT2D eigenvalue weighted by Gasteiger charge is 2.14. The summed E-state index contributed by atoms with van der Waals surface area (Å²) in [6.07, 6.45) is 4.73. The fourth-order valence-electron chi connectivity index (χ4n) is 2.16. The number of aromatic nitrogens is 2. The van der Waals surface area contributed by atoms with Gasteiger partial charge >= 0.3 is 0 Å². The largest absolute Gasteiger partial charge is 0.395 e.